The van der Waals surface area contributed by atoms with Gasteiger partial charge in [0.05, 0.1) is 12.5 Å². The van der Waals surface area contributed by atoms with Crippen molar-refractivity contribution in [2.45, 2.75) is 24.0 Å². The van der Waals surface area contributed by atoms with Gasteiger partial charge in [-0.05, 0) is 47.5 Å². The number of methoxy groups -OCH3 is 1. The Bertz CT molecular complexity index is 584. The fraction of sp³-hybridized carbons (Fsp3) is 0.375. The zero-order chi connectivity index (χ0) is 13.2. The molecule has 19 heavy (non-hydrogen) atoms. The number of nitrogens with one attached hydrogen (secondary N) is 1. The molecule has 1 aliphatic rings. The van der Waals surface area contributed by atoms with Crippen LogP contribution in [0.4, 0.5) is 0 Å². The highest BCUT2D eigenvalue weighted by Gasteiger charge is 2.20. The quantitative estimate of drug-likeness (QED) is 0.895. The van der Waals surface area contributed by atoms with E-state index < -0.39 is 0 Å². The Morgan fingerprint density at radius 2 is 1.95 bits per heavy atom. The molecule has 1 saturated heterocycles. The molecule has 3 rings (SSSR count). The van der Waals surface area contributed by atoms with Gasteiger partial charge in [0.25, 0.3) is 0 Å². The van der Waals surface area contributed by atoms with Crippen molar-refractivity contribution in [3.05, 3.63) is 42.0 Å². The Balaban J connectivity index is 1.93. The first kappa shape index (κ1) is 12.8. The van der Waals surface area contributed by atoms with Crippen molar-refractivity contribution < 1.29 is 4.74 Å². The standard InChI is InChI=1S/C16H19NOS/c1-11-7-8-17-16(19-11)14-4-3-13-10-15(18-2)6-5-12(13)9-14/h3-6,9-11,16-17H,7-8H2,1-2H3. The molecule has 2 unspecified atom stereocenters. The fourth-order valence-corrected chi connectivity index (χ4v) is 3.73. The van der Waals surface area contributed by atoms with Crippen molar-refractivity contribution in [1.29, 1.82) is 0 Å². The molecule has 0 aromatic heterocycles. The third kappa shape index (κ3) is 2.72. The summed E-state index contributed by atoms with van der Waals surface area (Å²) < 4.78 is 5.27. The fourth-order valence-electron chi connectivity index (χ4n) is 2.49. The minimum atomic E-state index is 0.426. The van der Waals surface area contributed by atoms with E-state index in [1.165, 1.54) is 22.8 Å². The number of ether oxygens (including phenoxy) is 1. The van der Waals surface area contributed by atoms with E-state index in [2.05, 4.69) is 42.6 Å². The summed E-state index contributed by atoms with van der Waals surface area (Å²) in [5.74, 6) is 0.916. The van der Waals surface area contributed by atoms with E-state index in [0.717, 1.165) is 17.5 Å². The highest BCUT2D eigenvalue weighted by molar-refractivity contribution is 8.00. The molecular formula is C16H19NOS. The predicted molar refractivity (Wildman–Crippen MR) is 82.9 cm³/mol. The number of thioether (sulfide) groups is 1. The summed E-state index contributed by atoms with van der Waals surface area (Å²) in [5.41, 5.74) is 1.37. The molecule has 100 valence electrons. The van der Waals surface area contributed by atoms with Crippen molar-refractivity contribution in [2.75, 3.05) is 13.7 Å². The predicted octanol–water partition coefficient (Wildman–Crippen LogP) is 3.96. The zero-order valence-corrected chi connectivity index (χ0v) is 12.2. The van der Waals surface area contributed by atoms with Crippen molar-refractivity contribution in [3.8, 4) is 5.75 Å². The van der Waals surface area contributed by atoms with E-state index in [9.17, 15) is 0 Å². The average molecular weight is 273 g/mol. The minimum Gasteiger partial charge on any atom is -0.497 e. The van der Waals surface area contributed by atoms with Crippen LogP contribution in [0.1, 0.15) is 24.3 Å². The van der Waals surface area contributed by atoms with E-state index in [4.69, 9.17) is 4.74 Å². The van der Waals surface area contributed by atoms with Crippen LogP contribution in [0.15, 0.2) is 36.4 Å². The summed E-state index contributed by atoms with van der Waals surface area (Å²) in [4.78, 5) is 0. The van der Waals surface area contributed by atoms with Crippen molar-refractivity contribution in [3.63, 3.8) is 0 Å². The molecule has 1 fully saturated rings. The van der Waals surface area contributed by atoms with Crippen LogP contribution in [0.5, 0.6) is 5.75 Å². The largest absolute Gasteiger partial charge is 0.497 e. The van der Waals surface area contributed by atoms with Gasteiger partial charge < -0.3 is 10.1 Å². The number of fused-ring (bicyclic) bond motifs is 1. The van der Waals surface area contributed by atoms with Gasteiger partial charge in [-0.25, -0.2) is 0 Å². The normalized spacial score (nSPS) is 23.5. The van der Waals surface area contributed by atoms with Crippen LogP contribution >= 0.6 is 11.8 Å². The number of hydrogen-bond donors (Lipinski definition) is 1. The summed E-state index contributed by atoms with van der Waals surface area (Å²) in [6.45, 7) is 3.42. The molecule has 2 aromatic carbocycles. The molecule has 0 amide bonds. The van der Waals surface area contributed by atoms with Crippen LogP contribution < -0.4 is 10.1 Å². The zero-order valence-electron chi connectivity index (χ0n) is 11.3. The average Bonchev–Trinajstić information content (AvgIpc) is 2.46. The molecule has 1 aliphatic heterocycles. The lowest BCUT2D eigenvalue weighted by molar-refractivity contribution is 0.415. The molecule has 2 atom stereocenters. The summed E-state index contributed by atoms with van der Waals surface area (Å²) in [6, 6.07) is 12.9. The van der Waals surface area contributed by atoms with Gasteiger partial charge in [-0.1, -0.05) is 25.1 Å². The summed E-state index contributed by atoms with van der Waals surface area (Å²) in [6.07, 6.45) is 1.26. The molecule has 0 aliphatic carbocycles. The third-order valence-corrected chi connectivity index (χ3v) is 5.03. The van der Waals surface area contributed by atoms with Crippen LogP contribution in [0, 0.1) is 0 Å². The molecule has 3 heteroatoms. The molecule has 1 N–H and O–H groups in total. The van der Waals surface area contributed by atoms with Gasteiger partial charge in [0.2, 0.25) is 0 Å². The van der Waals surface area contributed by atoms with E-state index >= 15 is 0 Å². The van der Waals surface area contributed by atoms with Crippen LogP contribution in [-0.2, 0) is 0 Å². The number of rotatable bonds is 2. The molecular weight excluding hydrogens is 254 g/mol. The second kappa shape index (κ2) is 5.43. The molecule has 1 heterocycles. The Morgan fingerprint density at radius 3 is 2.74 bits per heavy atom. The lowest BCUT2D eigenvalue weighted by atomic mass is 10.1. The topological polar surface area (TPSA) is 21.3 Å². The lowest BCUT2D eigenvalue weighted by Crippen LogP contribution is -2.28. The lowest BCUT2D eigenvalue weighted by Gasteiger charge is -2.28. The molecule has 0 bridgehead atoms. The van der Waals surface area contributed by atoms with E-state index in [1.807, 2.05) is 17.8 Å². The van der Waals surface area contributed by atoms with Crippen molar-refractivity contribution >= 4 is 22.5 Å². The van der Waals surface area contributed by atoms with Gasteiger partial charge >= 0.3 is 0 Å². The second-order valence-corrected chi connectivity index (χ2v) is 6.59. The minimum absolute atomic E-state index is 0.426. The van der Waals surface area contributed by atoms with Crippen LogP contribution in [0.2, 0.25) is 0 Å². The number of benzene rings is 2. The van der Waals surface area contributed by atoms with Gasteiger partial charge in [0.15, 0.2) is 0 Å². The molecule has 2 nitrogen and oxygen atoms in total. The Hall–Kier alpha value is -1.19. The van der Waals surface area contributed by atoms with Gasteiger partial charge in [0, 0.05) is 5.25 Å². The van der Waals surface area contributed by atoms with E-state index in [1.54, 1.807) is 7.11 Å². The highest BCUT2D eigenvalue weighted by atomic mass is 32.2. The van der Waals surface area contributed by atoms with Crippen LogP contribution in [0.25, 0.3) is 10.8 Å². The highest BCUT2D eigenvalue weighted by Crippen LogP contribution is 2.35. The molecule has 0 spiro atoms. The van der Waals surface area contributed by atoms with Crippen molar-refractivity contribution in [1.82, 2.24) is 5.32 Å². The van der Waals surface area contributed by atoms with Gasteiger partial charge in [-0.2, -0.15) is 0 Å². The number of hydrogen-bond acceptors (Lipinski definition) is 3. The van der Waals surface area contributed by atoms with Gasteiger partial charge in [-0.15, -0.1) is 11.8 Å². The Kier molecular flexibility index (Phi) is 3.67. The van der Waals surface area contributed by atoms with Crippen molar-refractivity contribution in [2.24, 2.45) is 0 Å². The van der Waals surface area contributed by atoms with Crippen LogP contribution in [-0.4, -0.2) is 18.9 Å². The first-order valence-electron chi connectivity index (χ1n) is 6.73. The van der Waals surface area contributed by atoms with E-state index in [0.29, 0.717) is 5.37 Å². The maximum Gasteiger partial charge on any atom is 0.119 e. The summed E-state index contributed by atoms with van der Waals surface area (Å²) in [7, 11) is 1.71. The maximum absolute atomic E-state index is 5.27. The molecule has 0 saturated carbocycles. The van der Waals surface area contributed by atoms with Gasteiger partial charge in [0.1, 0.15) is 5.75 Å². The second-order valence-electron chi connectivity index (χ2n) is 5.04. The van der Waals surface area contributed by atoms with Crippen LogP contribution in [0.3, 0.4) is 0 Å². The molecule has 0 radical (unpaired) electrons. The summed E-state index contributed by atoms with van der Waals surface area (Å²) >= 11 is 2.02. The first-order chi connectivity index (χ1) is 9.26. The monoisotopic (exact) mass is 273 g/mol. The van der Waals surface area contributed by atoms with E-state index in [-0.39, 0.29) is 0 Å². The Morgan fingerprint density at radius 1 is 1.16 bits per heavy atom. The smallest absolute Gasteiger partial charge is 0.119 e. The SMILES string of the molecule is COc1ccc2cc(C3NCCC(C)S3)ccc2c1. The third-order valence-electron chi connectivity index (χ3n) is 3.62. The van der Waals surface area contributed by atoms with Gasteiger partial charge in [-0.3, -0.25) is 0 Å². The Labute approximate surface area is 118 Å². The maximum atomic E-state index is 5.27. The molecule has 2 aromatic rings. The first-order valence-corrected chi connectivity index (χ1v) is 7.67. The summed E-state index contributed by atoms with van der Waals surface area (Å²) in [5, 5.41) is 7.26.